The standard InChI is InChI=1S/C51H97NO5/c1-4-7-10-13-16-19-22-23-24-25-26-29-30-33-36-39-42-47(57-51(56)44-41-38-35-32-28-21-18-15-12-9-6-3)45-50(55)52-48(46-53)49(54)43-40-37-34-31-27-20-17-14-11-8-5-2/h15,18,26,29,47-49,53-54H,4-14,16-17,19-25,27-28,30-46H2,1-3H3,(H,52,55)/b18-15-,29-26+. The number of nitrogens with one attached hydrogen (secondary N) is 1. The van der Waals surface area contributed by atoms with Crippen LogP contribution in [-0.2, 0) is 14.3 Å². The number of aliphatic hydroxyl groups is 2. The van der Waals surface area contributed by atoms with Gasteiger partial charge in [0.2, 0.25) is 5.91 Å². The number of hydrogen-bond donors (Lipinski definition) is 3. The van der Waals surface area contributed by atoms with E-state index in [1.54, 1.807) is 0 Å². The Balaban J connectivity index is 4.59. The van der Waals surface area contributed by atoms with Gasteiger partial charge in [-0.3, -0.25) is 9.59 Å². The number of rotatable bonds is 45. The number of unbranched alkanes of at least 4 members (excludes halogenated alkanes) is 29. The Hall–Kier alpha value is -1.66. The zero-order valence-corrected chi connectivity index (χ0v) is 38.2. The SMILES string of the molecule is CCCC/C=C\CCCCCCCC(=O)OC(CCCCC/C=C/CCCCCCCCCCC)CC(=O)NC(CO)C(O)CCCCCCCCCCCCC. The number of carbonyl (C=O) groups excluding carboxylic acids is 2. The Morgan fingerprint density at radius 2 is 0.860 bits per heavy atom. The van der Waals surface area contributed by atoms with E-state index in [9.17, 15) is 19.8 Å². The van der Waals surface area contributed by atoms with Crippen LogP contribution in [0.1, 0.15) is 265 Å². The van der Waals surface area contributed by atoms with Crippen LogP contribution in [0.3, 0.4) is 0 Å². The lowest BCUT2D eigenvalue weighted by molar-refractivity contribution is -0.151. The Kier molecular flexibility index (Phi) is 44.1. The normalized spacial score (nSPS) is 13.4. The van der Waals surface area contributed by atoms with Crippen molar-refractivity contribution in [1.82, 2.24) is 5.32 Å². The van der Waals surface area contributed by atoms with Gasteiger partial charge in [-0.1, -0.05) is 206 Å². The highest BCUT2D eigenvalue weighted by atomic mass is 16.5. The van der Waals surface area contributed by atoms with Gasteiger partial charge in [0.15, 0.2) is 0 Å². The molecule has 0 bridgehead atoms. The Labute approximate surface area is 354 Å². The molecule has 3 unspecified atom stereocenters. The molecular weight excluding hydrogens is 707 g/mol. The van der Waals surface area contributed by atoms with Crippen LogP contribution in [0.2, 0.25) is 0 Å². The van der Waals surface area contributed by atoms with Gasteiger partial charge in [-0.05, 0) is 70.6 Å². The van der Waals surface area contributed by atoms with Gasteiger partial charge in [0.1, 0.15) is 6.10 Å². The first-order valence-corrected chi connectivity index (χ1v) is 25.1. The molecule has 3 N–H and O–H groups in total. The number of hydrogen-bond acceptors (Lipinski definition) is 5. The molecule has 0 radical (unpaired) electrons. The van der Waals surface area contributed by atoms with Crippen LogP contribution in [0.25, 0.3) is 0 Å². The lowest BCUT2D eigenvalue weighted by Crippen LogP contribution is -2.46. The molecule has 0 rings (SSSR count). The van der Waals surface area contributed by atoms with Crippen LogP contribution in [0.5, 0.6) is 0 Å². The topological polar surface area (TPSA) is 95.9 Å². The summed E-state index contributed by atoms with van der Waals surface area (Å²) in [5.41, 5.74) is 0. The maximum absolute atomic E-state index is 13.2. The predicted octanol–water partition coefficient (Wildman–Crippen LogP) is 14.7. The number of esters is 1. The molecule has 3 atom stereocenters. The average molecular weight is 804 g/mol. The first-order chi connectivity index (χ1) is 28.0. The van der Waals surface area contributed by atoms with Crippen LogP contribution in [0.4, 0.5) is 0 Å². The van der Waals surface area contributed by atoms with Crippen molar-refractivity contribution in [3.8, 4) is 0 Å². The number of ether oxygens (including phenoxy) is 1. The van der Waals surface area contributed by atoms with Crippen molar-refractivity contribution in [3.63, 3.8) is 0 Å². The van der Waals surface area contributed by atoms with E-state index in [1.165, 1.54) is 148 Å². The lowest BCUT2D eigenvalue weighted by Gasteiger charge is -2.24. The third-order valence-corrected chi connectivity index (χ3v) is 11.5. The molecule has 0 aromatic carbocycles. The van der Waals surface area contributed by atoms with Gasteiger partial charge in [-0.25, -0.2) is 0 Å². The van der Waals surface area contributed by atoms with Crippen molar-refractivity contribution in [2.75, 3.05) is 6.61 Å². The molecule has 1 amide bonds. The van der Waals surface area contributed by atoms with Crippen molar-refractivity contribution >= 4 is 11.9 Å². The van der Waals surface area contributed by atoms with E-state index in [1.807, 2.05) is 0 Å². The molecule has 0 aliphatic heterocycles. The highest BCUT2D eigenvalue weighted by Gasteiger charge is 2.24. The summed E-state index contributed by atoms with van der Waals surface area (Å²) >= 11 is 0. The number of carbonyl (C=O) groups is 2. The minimum absolute atomic E-state index is 0.0673. The maximum Gasteiger partial charge on any atom is 0.306 e. The molecule has 0 aliphatic rings. The van der Waals surface area contributed by atoms with Crippen LogP contribution >= 0.6 is 0 Å². The highest BCUT2D eigenvalue weighted by molar-refractivity contribution is 5.77. The number of aliphatic hydroxyl groups excluding tert-OH is 2. The summed E-state index contributed by atoms with van der Waals surface area (Å²) in [7, 11) is 0. The summed E-state index contributed by atoms with van der Waals surface area (Å²) in [6, 6.07) is -0.703. The zero-order valence-electron chi connectivity index (χ0n) is 38.2. The molecule has 6 nitrogen and oxygen atoms in total. The van der Waals surface area contributed by atoms with E-state index < -0.39 is 18.2 Å². The fourth-order valence-electron chi connectivity index (χ4n) is 7.64. The van der Waals surface area contributed by atoms with Gasteiger partial charge in [0, 0.05) is 6.42 Å². The van der Waals surface area contributed by atoms with Crippen LogP contribution < -0.4 is 5.32 Å². The Morgan fingerprint density at radius 3 is 1.32 bits per heavy atom. The minimum Gasteiger partial charge on any atom is -0.462 e. The number of allylic oxidation sites excluding steroid dienone is 4. The molecule has 0 fully saturated rings. The van der Waals surface area contributed by atoms with Gasteiger partial charge in [-0.15, -0.1) is 0 Å². The van der Waals surface area contributed by atoms with E-state index in [4.69, 9.17) is 4.74 Å². The van der Waals surface area contributed by atoms with Gasteiger partial charge in [-0.2, -0.15) is 0 Å². The fourth-order valence-corrected chi connectivity index (χ4v) is 7.64. The molecule has 0 spiro atoms. The quantitative estimate of drug-likeness (QED) is 0.0324. The summed E-state index contributed by atoms with van der Waals surface area (Å²) in [4.78, 5) is 26.0. The van der Waals surface area contributed by atoms with Crippen molar-refractivity contribution in [2.24, 2.45) is 0 Å². The Morgan fingerprint density at radius 1 is 0.491 bits per heavy atom. The summed E-state index contributed by atoms with van der Waals surface area (Å²) < 4.78 is 5.91. The van der Waals surface area contributed by atoms with Gasteiger partial charge >= 0.3 is 5.97 Å². The minimum atomic E-state index is -0.788. The third kappa shape index (κ3) is 40.9. The molecule has 336 valence electrons. The highest BCUT2D eigenvalue weighted by Crippen LogP contribution is 2.17. The van der Waals surface area contributed by atoms with Gasteiger partial charge in [0.05, 0.1) is 25.2 Å². The lowest BCUT2D eigenvalue weighted by atomic mass is 10.0. The largest absolute Gasteiger partial charge is 0.462 e. The van der Waals surface area contributed by atoms with Crippen molar-refractivity contribution in [2.45, 2.75) is 283 Å². The van der Waals surface area contributed by atoms with E-state index in [0.29, 0.717) is 19.3 Å². The second kappa shape index (κ2) is 45.4. The second-order valence-electron chi connectivity index (χ2n) is 17.2. The molecule has 0 aromatic heterocycles. The molecule has 0 aliphatic carbocycles. The molecule has 0 aromatic rings. The average Bonchev–Trinajstić information content (AvgIpc) is 3.20. The van der Waals surface area contributed by atoms with Crippen LogP contribution in [0, 0.1) is 0 Å². The van der Waals surface area contributed by atoms with E-state index in [0.717, 1.165) is 70.6 Å². The predicted molar refractivity (Wildman–Crippen MR) is 246 cm³/mol. The molecule has 6 heteroatoms. The fraction of sp³-hybridized carbons (Fsp3) is 0.882. The molecule has 57 heavy (non-hydrogen) atoms. The van der Waals surface area contributed by atoms with Gasteiger partial charge < -0.3 is 20.3 Å². The Bertz CT molecular complexity index is 904. The number of amides is 1. The second-order valence-corrected chi connectivity index (χ2v) is 17.2. The first kappa shape index (κ1) is 55.3. The smallest absolute Gasteiger partial charge is 0.306 e. The summed E-state index contributed by atoms with van der Waals surface area (Å²) in [5.74, 6) is -0.491. The monoisotopic (exact) mass is 804 g/mol. The van der Waals surface area contributed by atoms with Crippen LogP contribution in [-0.4, -0.2) is 46.9 Å². The third-order valence-electron chi connectivity index (χ3n) is 11.5. The van der Waals surface area contributed by atoms with E-state index >= 15 is 0 Å². The summed E-state index contributed by atoms with van der Waals surface area (Å²) in [6.45, 7) is 6.44. The maximum atomic E-state index is 13.2. The van der Waals surface area contributed by atoms with Gasteiger partial charge in [0.25, 0.3) is 0 Å². The summed E-state index contributed by atoms with van der Waals surface area (Å²) in [6.07, 6.45) is 50.9. The zero-order chi connectivity index (χ0) is 41.7. The van der Waals surface area contributed by atoms with Crippen molar-refractivity contribution in [3.05, 3.63) is 24.3 Å². The summed E-state index contributed by atoms with van der Waals surface area (Å²) in [5, 5.41) is 23.7. The first-order valence-electron chi connectivity index (χ1n) is 25.1. The molecule has 0 saturated heterocycles. The molecule has 0 heterocycles. The van der Waals surface area contributed by atoms with Crippen LogP contribution in [0.15, 0.2) is 24.3 Å². The van der Waals surface area contributed by atoms with Crippen molar-refractivity contribution < 1.29 is 24.5 Å². The molecular formula is C51H97NO5. The van der Waals surface area contributed by atoms with E-state index in [2.05, 4.69) is 50.4 Å². The molecule has 0 saturated carbocycles. The van der Waals surface area contributed by atoms with E-state index in [-0.39, 0.29) is 24.9 Å². The van der Waals surface area contributed by atoms with Crippen molar-refractivity contribution in [1.29, 1.82) is 0 Å².